The Hall–Kier alpha value is -2.03. The maximum Gasteiger partial charge on any atom is 0.132 e. The Kier molecular flexibility index (Phi) is 2.77. The van der Waals surface area contributed by atoms with E-state index in [2.05, 4.69) is 16.5 Å². The third kappa shape index (κ3) is 1.98. The molecule has 2 aromatic rings. The van der Waals surface area contributed by atoms with Gasteiger partial charge in [0, 0.05) is 5.56 Å². The molecule has 1 aromatic carbocycles. The van der Waals surface area contributed by atoms with E-state index in [1.54, 1.807) is 30.6 Å². The second kappa shape index (κ2) is 4.23. The van der Waals surface area contributed by atoms with Crippen molar-refractivity contribution in [1.82, 2.24) is 9.97 Å². The van der Waals surface area contributed by atoms with Gasteiger partial charge >= 0.3 is 0 Å². The molecule has 0 spiro atoms. The van der Waals surface area contributed by atoms with Crippen molar-refractivity contribution in [2.75, 3.05) is 0 Å². The molecule has 0 aliphatic rings. The molecule has 0 saturated carbocycles. The van der Waals surface area contributed by atoms with Crippen LogP contribution < -0.4 is 0 Å². The maximum atomic E-state index is 13.5. The molecule has 16 heavy (non-hydrogen) atoms. The highest BCUT2D eigenvalue weighted by molar-refractivity contribution is 5.60. The van der Waals surface area contributed by atoms with Crippen LogP contribution in [-0.2, 0) is 0 Å². The van der Waals surface area contributed by atoms with Gasteiger partial charge in [0.2, 0.25) is 0 Å². The van der Waals surface area contributed by atoms with E-state index in [1.165, 1.54) is 6.07 Å². The molecule has 1 heterocycles. The number of nitrogens with zero attached hydrogens (tertiary/aromatic N) is 2. The molecule has 0 bridgehead atoms. The van der Waals surface area contributed by atoms with Crippen LogP contribution in [0.25, 0.3) is 17.3 Å². The molecule has 2 rings (SSSR count). The van der Waals surface area contributed by atoms with Crippen molar-refractivity contribution in [3.63, 3.8) is 0 Å². The SMILES string of the molecule is C=Cc1cnc(-c2cc(C)ccc2F)cn1. The summed E-state index contributed by atoms with van der Waals surface area (Å²) in [7, 11) is 0. The summed E-state index contributed by atoms with van der Waals surface area (Å²) in [5.74, 6) is -0.286. The zero-order valence-electron chi connectivity index (χ0n) is 8.94. The van der Waals surface area contributed by atoms with Gasteiger partial charge in [0.1, 0.15) is 5.82 Å². The highest BCUT2D eigenvalue weighted by atomic mass is 19.1. The van der Waals surface area contributed by atoms with E-state index in [9.17, 15) is 4.39 Å². The summed E-state index contributed by atoms with van der Waals surface area (Å²) in [4.78, 5) is 8.25. The van der Waals surface area contributed by atoms with Gasteiger partial charge in [0.25, 0.3) is 0 Å². The zero-order valence-corrected chi connectivity index (χ0v) is 8.94. The van der Waals surface area contributed by atoms with Crippen molar-refractivity contribution >= 4 is 6.08 Å². The third-order valence-electron chi connectivity index (χ3n) is 2.28. The Labute approximate surface area is 93.5 Å². The van der Waals surface area contributed by atoms with E-state index < -0.39 is 0 Å². The van der Waals surface area contributed by atoms with Crippen LogP contribution >= 0.6 is 0 Å². The van der Waals surface area contributed by atoms with Gasteiger partial charge in [-0.15, -0.1) is 0 Å². The summed E-state index contributed by atoms with van der Waals surface area (Å²) >= 11 is 0. The minimum atomic E-state index is -0.286. The lowest BCUT2D eigenvalue weighted by molar-refractivity contribution is 0.630. The first-order chi connectivity index (χ1) is 7.70. The molecule has 80 valence electrons. The molecule has 0 aliphatic heterocycles. The van der Waals surface area contributed by atoms with Gasteiger partial charge in [-0.05, 0) is 25.1 Å². The quantitative estimate of drug-likeness (QED) is 0.767. The van der Waals surface area contributed by atoms with Gasteiger partial charge in [-0.3, -0.25) is 9.97 Å². The first kappa shape index (κ1) is 10.5. The minimum absolute atomic E-state index is 0.286. The van der Waals surface area contributed by atoms with Crippen LogP contribution in [0.4, 0.5) is 4.39 Å². The van der Waals surface area contributed by atoms with Crippen LogP contribution in [-0.4, -0.2) is 9.97 Å². The molecule has 0 N–H and O–H groups in total. The average Bonchev–Trinajstić information content (AvgIpc) is 2.32. The van der Waals surface area contributed by atoms with Gasteiger partial charge in [0.05, 0.1) is 23.8 Å². The summed E-state index contributed by atoms with van der Waals surface area (Å²) < 4.78 is 13.5. The molecule has 0 saturated heterocycles. The summed E-state index contributed by atoms with van der Waals surface area (Å²) in [6.07, 6.45) is 4.72. The third-order valence-corrected chi connectivity index (χ3v) is 2.28. The van der Waals surface area contributed by atoms with Crippen LogP contribution in [0.2, 0.25) is 0 Å². The van der Waals surface area contributed by atoms with E-state index in [4.69, 9.17) is 0 Å². The van der Waals surface area contributed by atoms with Crippen LogP contribution in [0.5, 0.6) is 0 Å². The minimum Gasteiger partial charge on any atom is -0.253 e. The summed E-state index contributed by atoms with van der Waals surface area (Å²) in [5.41, 5.74) is 2.68. The lowest BCUT2D eigenvalue weighted by atomic mass is 10.1. The highest BCUT2D eigenvalue weighted by Crippen LogP contribution is 2.21. The Bertz CT molecular complexity index is 518. The lowest BCUT2D eigenvalue weighted by Crippen LogP contribution is -1.91. The number of benzene rings is 1. The van der Waals surface area contributed by atoms with E-state index in [0.29, 0.717) is 17.0 Å². The number of halogens is 1. The van der Waals surface area contributed by atoms with Crippen LogP contribution in [0.15, 0.2) is 37.2 Å². The van der Waals surface area contributed by atoms with Crippen molar-refractivity contribution < 1.29 is 4.39 Å². The molecule has 0 unspecified atom stereocenters. The standard InChI is InChI=1S/C13H11FN2/c1-3-10-7-16-13(8-15-10)11-6-9(2)4-5-12(11)14/h3-8H,1H2,2H3. The molecule has 0 fully saturated rings. The van der Waals surface area contributed by atoms with Crippen molar-refractivity contribution in [3.05, 3.63) is 54.2 Å². The maximum absolute atomic E-state index is 13.5. The number of hydrogen-bond acceptors (Lipinski definition) is 2. The van der Waals surface area contributed by atoms with E-state index in [1.807, 2.05) is 6.92 Å². The molecule has 0 radical (unpaired) electrons. The van der Waals surface area contributed by atoms with Crippen LogP contribution in [0.3, 0.4) is 0 Å². The van der Waals surface area contributed by atoms with Gasteiger partial charge in [-0.25, -0.2) is 4.39 Å². The lowest BCUT2D eigenvalue weighted by Gasteiger charge is -2.03. The van der Waals surface area contributed by atoms with E-state index >= 15 is 0 Å². The molecular formula is C13H11FN2. The van der Waals surface area contributed by atoms with Crippen molar-refractivity contribution in [2.24, 2.45) is 0 Å². The predicted molar refractivity (Wildman–Crippen MR) is 62.3 cm³/mol. The number of rotatable bonds is 2. The van der Waals surface area contributed by atoms with Crippen molar-refractivity contribution in [3.8, 4) is 11.3 Å². The van der Waals surface area contributed by atoms with Gasteiger partial charge < -0.3 is 0 Å². The predicted octanol–water partition coefficient (Wildman–Crippen LogP) is 3.23. The van der Waals surface area contributed by atoms with Crippen molar-refractivity contribution in [1.29, 1.82) is 0 Å². The Morgan fingerprint density at radius 1 is 1.25 bits per heavy atom. The monoisotopic (exact) mass is 214 g/mol. The highest BCUT2D eigenvalue weighted by Gasteiger charge is 2.06. The summed E-state index contributed by atoms with van der Waals surface area (Å²) in [5, 5.41) is 0. The van der Waals surface area contributed by atoms with Crippen LogP contribution in [0.1, 0.15) is 11.3 Å². The first-order valence-electron chi connectivity index (χ1n) is 4.91. The Morgan fingerprint density at radius 3 is 2.69 bits per heavy atom. The summed E-state index contributed by atoms with van der Waals surface area (Å²) in [6.45, 7) is 5.50. The van der Waals surface area contributed by atoms with Gasteiger partial charge in [-0.2, -0.15) is 0 Å². The van der Waals surface area contributed by atoms with Crippen molar-refractivity contribution in [2.45, 2.75) is 6.92 Å². The molecule has 0 atom stereocenters. The normalized spacial score (nSPS) is 10.1. The fourth-order valence-corrected chi connectivity index (χ4v) is 1.42. The van der Waals surface area contributed by atoms with Crippen LogP contribution in [0, 0.1) is 12.7 Å². The largest absolute Gasteiger partial charge is 0.253 e. The smallest absolute Gasteiger partial charge is 0.132 e. The zero-order chi connectivity index (χ0) is 11.5. The molecular weight excluding hydrogens is 203 g/mol. The Balaban J connectivity index is 2.49. The number of aromatic nitrogens is 2. The second-order valence-corrected chi connectivity index (χ2v) is 3.51. The number of aryl methyl sites for hydroxylation is 1. The molecule has 0 amide bonds. The molecule has 1 aromatic heterocycles. The fraction of sp³-hybridized carbons (Fsp3) is 0.0769. The Morgan fingerprint density at radius 2 is 2.06 bits per heavy atom. The molecule has 0 aliphatic carbocycles. The van der Waals surface area contributed by atoms with E-state index in [0.717, 1.165) is 5.56 Å². The van der Waals surface area contributed by atoms with E-state index in [-0.39, 0.29) is 5.82 Å². The van der Waals surface area contributed by atoms with Gasteiger partial charge in [0.15, 0.2) is 0 Å². The fourth-order valence-electron chi connectivity index (χ4n) is 1.42. The number of hydrogen-bond donors (Lipinski definition) is 0. The summed E-state index contributed by atoms with van der Waals surface area (Å²) in [6, 6.07) is 4.92. The average molecular weight is 214 g/mol. The molecule has 3 heteroatoms. The molecule has 2 nitrogen and oxygen atoms in total. The topological polar surface area (TPSA) is 25.8 Å². The first-order valence-corrected chi connectivity index (χ1v) is 4.91. The second-order valence-electron chi connectivity index (χ2n) is 3.51. The van der Waals surface area contributed by atoms with Gasteiger partial charge in [-0.1, -0.05) is 18.2 Å².